The minimum absolute atomic E-state index is 0.00333. The molecule has 1 heterocycles. The SMILES string of the molecule is Cc1ccc(C)c(OCC(=O)Nc2ccc3c(c2)OCC(=O)N3C)c1. The number of benzene rings is 2. The van der Waals surface area contributed by atoms with E-state index in [1.54, 1.807) is 25.2 Å². The first kappa shape index (κ1) is 16.8. The van der Waals surface area contributed by atoms with Gasteiger partial charge in [-0.3, -0.25) is 9.59 Å². The molecule has 0 aromatic heterocycles. The van der Waals surface area contributed by atoms with Crippen LogP contribution in [-0.4, -0.2) is 32.1 Å². The average Bonchev–Trinajstić information content (AvgIpc) is 2.59. The Bertz CT molecular complexity index is 832. The maximum absolute atomic E-state index is 12.1. The van der Waals surface area contributed by atoms with Crippen LogP contribution in [0.1, 0.15) is 11.1 Å². The Kier molecular flexibility index (Phi) is 4.61. The Labute approximate surface area is 146 Å². The zero-order valence-electron chi connectivity index (χ0n) is 14.5. The highest BCUT2D eigenvalue weighted by Crippen LogP contribution is 2.33. The molecule has 0 fully saturated rings. The third-order valence-corrected chi connectivity index (χ3v) is 4.03. The summed E-state index contributed by atoms with van der Waals surface area (Å²) in [6.07, 6.45) is 0. The van der Waals surface area contributed by atoms with Gasteiger partial charge in [-0.15, -0.1) is 0 Å². The van der Waals surface area contributed by atoms with E-state index < -0.39 is 0 Å². The van der Waals surface area contributed by atoms with Gasteiger partial charge in [0.1, 0.15) is 11.5 Å². The predicted molar refractivity (Wildman–Crippen MR) is 95.4 cm³/mol. The summed E-state index contributed by atoms with van der Waals surface area (Å²) in [5.41, 5.74) is 3.33. The molecule has 0 saturated heterocycles. The van der Waals surface area contributed by atoms with E-state index in [9.17, 15) is 9.59 Å². The highest BCUT2D eigenvalue weighted by Gasteiger charge is 2.22. The van der Waals surface area contributed by atoms with Crippen LogP contribution in [0, 0.1) is 13.8 Å². The van der Waals surface area contributed by atoms with Gasteiger partial charge in [-0.05, 0) is 43.2 Å². The average molecular weight is 340 g/mol. The fourth-order valence-corrected chi connectivity index (χ4v) is 2.56. The number of likely N-dealkylation sites (N-methyl/N-ethyl adjacent to an activating group) is 1. The van der Waals surface area contributed by atoms with Gasteiger partial charge >= 0.3 is 0 Å². The lowest BCUT2D eigenvalue weighted by atomic mass is 10.1. The molecule has 0 saturated carbocycles. The van der Waals surface area contributed by atoms with Crippen molar-refractivity contribution >= 4 is 23.2 Å². The summed E-state index contributed by atoms with van der Waals surface area (Å²) in [6.45, 7) is 3.82. The Balaban J connectivity index is 1.63. The molecule has 2 aromatic rings. The smallest absolute Gasteiger partial charge is 0.264 e. The third kappa shape index (κ3) is 3.74. The Morgan fingerprint density at radius 1 is 1.24 bits per heavy atom. The predicted octanol–water partition coefficient (Wildman–Crippen LogP) is 2.68. The minimum atomic E-state index is -0.263. The number of carbonyl (C=O) groups excluding carboxylic acids is 2. The molecule has 1 aliphatic heterocycles. The molecule has 0 bridgehead atoms. The van der Waals surface area contributed by atoms with Crippen LogP contribution in [0.15, 0.2) is 36.4 Å². The minimum Gasteiger partial charge on any atom is -0.483 e. The summed E-state index contributed by atoms with van der Waals surface area (Å²) in [5.74, 6) is 0.895. The zero-order valence-corrected chi connectivity index (χ0v) is 14.5. The van der Waals surface area contributed by atoms with Gasteiger partial charge < -0.3 is 19.7 Å². The first-order valence-electron chi connectivity index (χ1n) is 7.97. The number of ether oxygens (including phenoxy) is 2. The summed E-state index contributed by atoms with van der Waals surface area (Å²) in [7, 11) is 1.69. The molecule has 2 aromatic carbocycles. The van der Waals surface area contributed by atoms with Crippen LogP contribution in [0.4, 0.5) is 11.4 Å². The maximum atomic E-state index is 12.1. The van der Waals surface area contributed by atoms with E-state index >= 15 is 0 Å². The number of hydrogen-bond acceptors (Lipinski definition) is 4. The Hall–Kier alpha value is -3.02. The standard InChI is InChI=1S/C19H20N2O4/c1-12-4-5-13(2)16(8-12)24-10-18(22)20-14-6-7-15-17(9-14)25-11-19(23)21(15)3/h4-9H,10-11H2,1-3H3,(H,20,22). The van der Waals surface area contributed by atoms with Crippen LogP contribution < -0.4 is 19.7 Å². The summed E-state index contributed by atoms with van der Waals surface area (Å²) in [4.78, 5) is 25.3. The van der Waals surface area contributed by atoms with E-state index in [0.29, 0.717) is 22.9 Å². The highest BCUT2D eigenvalue weighted by molar-refractivity contribution is 5.98. The lowest BCUT2D eigenvalue weighted by Crippen LogP contribution is -2.35. The Morgan fingerprint density at radius 3 is 2.84 bits per heavy atom. The van der Waals surface area contributed by atoms with Crippen molar-refractivity contribution < 1.29 is 19.1 Å². The van der Waals surface area contributed by atoms with Crippen molar-refractivity contribution in [2.75, 3.05) is 30.5 Å². The number of aryl methyl sites for hydroxylation is 2. The molecule has 6 nitrogen and oxygen atoms in total. The van der Waals surface area contributed by atoms with E-state index in [4.69, 9.17) is 9.47 Å². The molecule has 0 spiro atoms. The molecule has 3 rings (SSSR count). The van der Waals surface area contributed by atoms with Crippen LogP contribution in [-0.2, 0) is 9.59 Å². The van der Waals surface area contributed by atoms with Crippen molar-refractivity contribution in [2.24, 2.45) is 0 Å². The second kappa shape index (κ2) is 6.84. The van der Waals surface area contributed by atoms with E-state index in [1.807, 2.05) is 32.0 Å². The zero-order chi connectivity index (χ0) is 18.0. The van der Waals surface area contributed by atoms with Crippen LogP contribution >= 0.6 is 0 Å². The lowest BCUT2D eigenvalue weighted by molar-refractivity contribution is -0.121. The van der Waals surface area contributed by atoms with Crippen LogP contribution in [0.3, 0.4) is 0 Å². The topological polar surface area (TPSA) is 67.9 Å². The molecule has 0 atom stereocenters. The van der Waals surface area contributed by atoms with Gasteiger partial charge in [0.2, 0.25) is 0 Å². The molecule has 6 heteroatoms. The summed E-state index contributed by atoms with van der Waals surface area (Å²) >= 11 is 0. The molecule has 0 aliphatic carbocycles. The van der Waals surface area contributed by atoms with Crippen molar-refractivity contribution in [1.29, 1.82) is 0 Å². The fourth-order valence-electron chi connectivity index (χ4n) is 2.56. The first-order chi connectivity index (χ1) is 11.9. The number of hydrogen-bond donors (Lipinski definition) is 1. The normalized spacial score (nSPS) is 13.1. The van der Waals surface area contributed by atoms with E-state index in [-0.39, 0.29) is 25.0 Å². The number of nitrogens with zero attached hydrogens (tertiary/aromatic N) is 1. The molecule has 130 valence electrons. The van der Waals surface area contributed by atoms with E-state index in [0.717, 1.165) is 11.1 Å². The van der Waals surface area contributed by atoms with Crippen molar-refractivity contribution in [3.8, 4) is 11.5 Å². The number of anilines is 2. The van der Waals surface area contributed by atoms with Gasteiger partial charge in [0.25, 0.3) is 11.8 Å². The van der Waals surface area contributed by atoms with Crippen molar-refractivity contribution in [1.82, 2.24) is 0 Å². The summed E-state index contributed by atoms with van der Waals surface area (Å²) < 4.78 is 11.0. The summed E-state index contributed by atoms with van der Waals surface area (Å²) in [6, 6.07) is 11.0. The molecular formula is C19H20N2O4. The van der Waals surface area contributed by atoms with Gasteiger partial charge in [-0.2, -0.15) is 0 Å². The van der Waals surface area contributed by atoms with Crippen LogP contribution in [0.25, 0.3) is 0 Å². The fraction of sp³-hybridized carbons (Fsp3) is 0.263. The quantitative estimate of drug-likeness (QED) is 0.929. The second-order valence-electron chi connectivity index (χ2n) is 6.03. The number of carbonyl (C=O) groups is 2. The number of nitrogens with one attached hydrogen (secondary N) is 1. The van der Waals surface area contributed by atoms with Crippen molar-refractivity contribution in [3.63, 3.8) is 0 Å². The van der Waals surface area contributed by atoms with E-state index in [2.05, 4.69) is 5.32 Å². The lowest BCUT2D eigenvalue weighted by Gasteiger charge is -2.26. The molecular weight excluding hydrogens is 320 g/mol. The van der Waals surface area contributed by atoms with Crippen LogP contribution in [0.2, 0.25) is 0 Å². The van der Waals surface area contributed by atoms with Gasteiger partial charge in [0, 0.05) is 18.8 Å². The molecule has 25 heavy (non-hydrogen) atoms. The van der Waals surface area contributed by atoms with Crippen molar-refractivity contribution in [3.05, 3.63) is 47.5 Å². The van der Waals surface area contributed by atoms with Crippen LogP contribution in [0.5, 0.6) is 11.5 Å². The van der Waals surface area contributed by atoms with Gasteiger partial charge in [0.05, 0.1) is 5.69 Å². The monoisotopic (exact) mass is 340 g/mol. The molecule has 2 amide bonds. The number of amides is 2. The molecule has 1 N–H and O–H groups in total. The summed E-state index contributed by atoms with van der Waals surface area (Å²) in [5, 5.41) is 2.78. The third-order valence-electron chi connectivity index (χ3n) is 4.03. The number of rotatable bonds is 4. The Morgan fingerprint density at radius 2 is 2.04 bits per heavy atom. The highest BCUT2D eigenvalue weighted by atomic mass is 16.5. The molecule has 0 radical (unpaired) electrons. The number of fused-ring (bicyclic) bond motifs is 1. The first-order valence-corrected chi connectivity index (χ1v) is 7.97. The second-order valence-corrected chi connectivity index (χ2v) is 6.03. The van der Waals surface area contributed by atoms with Gasteiger partial charge in [0.15, 0.2) is 13.2 Å². The van der Waals surface area contributed by atoms with E-state index in [1.165, 1.54) is 4.90 Å². The van der Waals surface area contributed by atoms with Gasteiger partial charge in [-0.1, -0.05) is 12.1 Å². The van der Waals surface area contributed by atoms with Gasteiger partial charge in [-0.25, -0.2) is 0 Å². The largest absolute Gasteiger partial charge is 0.483 e. The molecule has 1 aliphatic rings. The molecule has 0 unspecified atom stereocenters. The van der Waals surface area contributed by atoms with Crippen molar-refractivity contribution in [2.45, 2.75) is 13.8 Å². The maximum Gasteiger partial charge on any atom is 0.264 e.